The van der Waals surface area contributed by atoms with E-state index in [-0.39, 0.29) is 17.9 Å². The van der Waals surface area contributed by atoms with Crippen molar-refractivity contribution in [3.8, 4) is 0 Å². The summed E-state index contributed by atoms with van der Waals surface area (Å²) in [6.07, 6.45) is 6.34. The summed E-state index contributed by atoms with van der Waals surface area (Å²) in [4.78, 5) is 30.2. The van der Waals surface area contributed by atoms with Gasteiger partial charge in [0.2, 0.25) is 11.8 Å². The third-order valence-electron chi connectivity index (χ3n) is 3.90. The van der Waals surface area contributed by atoms with Crippen LogP contribution in [0, 0.1) is 0 Å². The largest absolute Gasteiger partial charge is 0.344 e. The Hall–Kier alpha value is -1.91. The Balaban J connectivity index is 1.79. The van der Waals surface area contributed by atoms with E-state index in [0.29, 0.717) is 12.8 Å². The summed E-state index contributed by atoms with van der Waals surface area (Å²) in [5.74, 6) is 0.0481. The number of nitrogens with one attached hydrogen (secondary N) is 1. The van der Waals surface area contributed by atoms with Crippen molar-refractivity contribution >= 4 is 11.8 Å². The smallest absolute Gasteiger partial charge is 0.245 e. The van der Waals surface area contributed by atoms with E-state index in [1.807, 2.05) is 17.0 Å². The zero-order valence-corrected chi connectivity index (χ0v) is 10.7. The molecule has 0 radical (unpaired) electrons. The standard InChI is InChI=1S/C14H17N3O2/c18-13-9-11-2-1-7-17(11)14(19)12(16-13)8-10-3-5-15-6-4-10/h3-6,11-12H,1-2,7-9H2,(H,16,18)/t11?,12-/m0/s1. The van der Waals surface area contributed by atoms with E-state index in [2.05, 4.69) is 10.3 Å². The molecule has 2 atom stereocenters. The van der Waals surface area contributed by atoms with Crippen LogP contribution < -0.4 is 5.32 Å². The molecule has 5 nitrogen and oxygen atoms in total. The van der Waals surface area contributed by atoms with Gasteiger partial charge in [0.15, 0.2) is 0 Å². The monoisotopic (exact) mass is 259 g/mol. The number of hydrogen-bond donors (Lipinski definition) is 1. The number of rotatable bonds is 2. The van der Waals surface area contributed by atoms with Gasteiger partial charge in [0, 0.05) is 37.8 Å². The van der Waals surface area contributed by atoms with E-state index in [1.165, 1.54) is 0 Å². The number of aromatic nitrogens is 1. The lowest BCUT2D eigenvalue weighted by molar-refractivity contribution is -0.133. The summed E-state index contributed by atoms with van der Waals surface area (Å²) in [5, 5.41) is 2.86. The minimum absolute atomic E-state index is 0.0122. The highest BCUT2D eigenvalue weighted by Gasteiger charge is 2.38. The van der Waals surface area contributed by atoms with Crippen LogP contribution >= 0.6 is 0 Å². The van der Waals surface area contributed by atoms with Crippen LogP contribution in [0.1, 0.15) is 24.8 Å². The van der Waals surface area contributed by atoms with Crippen molar-refractivity contribution in [1.29, 1.82) is 0 Å². The molecule has 0 bridgehead atoms. The van der Waals surface area contributed by atoms with E-state index in [0.717, 1.165) is 24.9 Å². The highest BCUT2D eigenvalue weighted by molar-refractivity contribution is 5.91. The third kappa shape index (κ3) is 2.45. The van der Waals surface area contributed by atoms with Crippen molar-refractivity contribution in [2.75, 3.05) is 6.54 Å². The maximum Gasteiger partial charge on any atom is 0.245 e. The van der Waals surface area contributed by atoms with Crippen molar-refractivity contribution in [1.82, 2.24) is 15.2 Å². The van der Waals surface area contributed by atoms with Crippen LogP contribution in [0.15, 0.2) is 24.5 Å². The normalized spacial score (nSPS) is 26.8. The topological polar surface area (TPSA) is 62.3 Å². The van der Waals surface area contributed by atoms with Crippen molar-refractivity contribution < 1.29 is 9.59 Å². The van der Waals surface area contributed by atoms with Gasteiger partial charge in [0.1, 0.15) is 6.04 Å². The molecule has 2 aliphatic rings. The Morgan fingerprint density at radius 3 is 2.89 bits per heavy atom. The molecule has 2 aliphatic heterocycles. The Morgan fingerprint density at radius 1 is 1.32 bits per heavy atom. The average molecular weight is 259 g/mol. The summed E-state index contributed by atoms with van der Waals surface area (Å²) in [5.41, 5.74) is 1.02. The second-order valence-electron chi connectivity index (χ2n) is 5.21. The van der Waals surface area contributed by atoms with Gasteiger partial charge < -0.3 is 10.2 Å². The van der Waals surface area contributed by atoms with Crippen molar-refractivity contribution in [3.63, 3.8) is 0 Å². The van der Waals surface area contributed by atoms with Crippen LogP contribution in [0.4, 0.5) is 0 Å². The minimum Gasteiger partial charge on any atom is -0.344 e. The van der Waals surface area contributed by atoms with Gasteiger partial charge >= 0.3 is 0 Å². The van der Waals surface area contributed by atoms with Gasteiger partial charge in [-0.25, -0.2) is 0 Å². The molecule has 5 heteroatoms. The van der Waals surface area contributed by atoms with Crippen LogP contribution in [0.3, 0.4) is 0 Å². The summed E-state index contributed by atoms with van der Waals surface area (Å²) < 4.78 is 0. The van der Waals surface area contributed by atoms with Gasteiger partial charge in [-0.3, -0.25) is 14.6 Å². The maximum atomic E-state index is 12.5. The number of fused-ring (bicyclic) bond motifs is 1. The molecule has 1 aromatic heterocycles. The van der Waals surface area contributed by atoms with Gasteiger partial charge in [-0.15, -0.1) is 0 Å². The van der Waals surface area contributed by atoms with E-state index >= 15 is 0 Å². The van der Waals surface area contributed by atoms with Gasteiger partial charge in [-0.05, 0) is 30.5 Å². The zero-order valence-electron chi connectivity index (χ0n) is 10.7. The SMILES string of the molecule is O=C1CC2CCCN2C(=O)[C@H](Cc2ccncc2)N1. The first kappa shape index (κ1) is 12.1. The molecule has 1 aromatic rings. The number of nitrogens with zero attached hydrogens (tertiary/aromatic N) is 2. The van der Waals surface area contributed by atoms with Gasteiger partial charge in [0.25, 0.3) is 0 Å². The predicted octanol–water partition coefficient (Wildman–Crippen LogP) is 0.504. The first-order chi connectivity index (χ1) is 9.24. The Labute approximate surface area is 112 Å². The quantitative estimate of drug-likeness (QED) is 0.841. The molecule has 2 saturated heterocycles. The molecule has 0 saturated carbocycles. The average Bonchev–Trinajstić information content (AvgIpc) is 2.82. The Bertz CT molecular complexity index is 489. The van der Waals surface area contributed by atoms with Crippen LogP contribution in [0.5, 0.6) is 0 Å². The number of carbonyl (C=O) groups excluding carboxylic acids is 2. The molecular formula is C14H17N3O2. The van der Waals surface area contributed by atoms with E-state index in [1.54, 1.807) is 12.4 Å². The molecule has 1 N–H and O–H groups in total. The lowest BCUT2D eigenvalue weighted by atomic mass is 10.1. The van der Waals surface area contributed by atoms with Gasteiger partial charge in [-0.1, -0.05) is 0 Å². The first-order valence-electron chi connectivity index (χ1n) is 6.73. The molecule has 0 aromatic carbocycles. The lowest BCUT2D eigenvalue weighted by Gasteiger charge is -2.24. The number of amides is 2. The molecule has 100 valence electrons. The predicted molar refractivity (Wildman–Crippen MR) is 69.2 cm³/mol. The van der Waals surface area contributed by atoms with E-state index < -0.39 is 6.04 Å². The fraction of sp³-hybridized carbons (Fsp3) is 0.500. The molecule has 2 fully saturated rings. The van der Waals surface area contributed by atoms with Crippen molar-refractivity contribution in [3.05, 3.63) is 30.1 Å². The van der Waals surface area contributed by atoms with Gasteiger partial charge in [0.05, 0.1) is 0 Å². The lowest BCUT2D eigenvalue weighted by Crippen LogP contribution is -2.46. The van der Waals surface area contributed by atoms with E-state index in [4.69, 9.17) is 0 Å². The molecule has 0 aliphatic carbocycles. The van der Waals surface area contributed by atoms with Crippen LogP contribution in [0.25, 0.3) is 0 Å². The zero-order chi connectivity index (χ0) is 13.2. The number of carbonyl (C=O) groups is 2. The summed E-state index contributed by atoms with van der Waals surface area (Å²) in [6.45, 7) is 0.783. The maximum absolute atomic E-state index is 12.5. The molecule has 19 heavy (non-hydrogen) atoms. The summed E-state index contributed by atoms with van der Waals surface area (Å²) in [6, 6.07) is 3.44. The highest BCUT2D eigenvalue weighted by atomic mass is 16.2. The van der Waals surface area contributed by atoms with E-state index in [9.17, 15) is 9.59 Å². The molecule has 0 spiro atoms. The number of hydrogen-bond acceptors (Lipinski definition) is 3. The van der Waals surface area contributed by atoms with Gasteiger partial charge in [-0.2, -0.15) is 0 Å². The molecule has 2 amide bonds. The minimum atomic E-state index is -0.432. The molecule has 3 heterocycles. The Kier molecular flexibility index (Phi) is 3.19. The van der Waals surface area contributed by atoms with Crippen molar-refractivity contribution in [2.24, 2.45) is 0 Å². The first-order valence-corrected chi connectivity index (χ1v) is 6.73. The number of pyridine rings is 1. The fourth-order valence-corrected chi connectivity index (χ4v) is 2.96. The molecular weight excluding hydrogens is 242 g/mol. The third-order valence-corrected chi connectivity index (χ3v) is 3.90. The van der Waals surface area contributed by atoms with Crippen LogP contribution in [-0.4, -0.2) is 40.3 Å². The van der Waals surface area contributed by atoms with Crippen molar-refractivity contribution in [2.45, 2.75) is 37.8 Å². The van der Waals surface area contributed by atoms with Crippen LogP contribution in [-0.2, 0) is 16.0 Å². The second-order valence-corrected chi connectivity index (χ2v) is 5.21. The molecule has 1 unspecified atom stereocenters. The molecule has 3 rings (SSSR count). The summed E-state index contributed by atoms with van der Waals surface area (Å²) >= 11 is 0. The van der Waals surface area contributed by atoms with Crippen LogP contribution in [0.2, 0.25) is 0 Å². The summed E-state index contributed by atoms with van der Waals surface area (Å²) in [7, 11) is 0. The highest BCUT2D eigenvalue weighted by Crippen LogP contribution is 2.24. The Morgan fingerprint density at radius 2 is 2.11 bits per heavy atom. The second kappa shape index (κ2) is 4.99. The fourth-order valence-electron chi connectivity index (χ4n) is 2.96.